The Morgan fingerprint density at radius 3 is 2.84 bits per heavy atom. The second kappa shape index (κ2) is 4.87. The summed E-state index contributed by atoms with van der Waals surface area (Å²) >= 11 is 0. The topological polar surface area (TPSA) is 50.2 Å². The van der Waals surface area contributed by atoms with Crippen molar-refractivity contribution in [3.05, 3.63) is 17.0 Å². The van der Waals surface area contributed by atoms with Crippen molar-refractivity contribution in [2.45, 2.75) is 51.6 Å². The first-order valence-corrected chi connectivity index (χ1v) is 7.30. The number of carbonyl (C=O) groups excluding carboxylic acids is 1. The summed E-state index contributed by atoms with van der Waals surface area (Å²) in [6.07, 6.45) is 5.73. The zero-order chi connectivity index (χ0) is 13.4. The minimum Gasteiger partial charge on any atom is -0.341 e. The molecule has 1 saturated carbocycles. The first-order chi connectivity index (χ1) is 9.24. The molecular formula is C14H22N4O. The lowest BCUT2D eigenvalue weighted by Gasteiger charge is -2.31. The third kappa shape index (κ3) is 2.01. The summed E-state index contributed by atoms with van der Waals surface area (Å²) in [7, 11) is 1.69. The Balaban J connectivity index is 1.90. The summed E-state index contributed by atoms with van der Waals surface area (Å²) < 4.78 is 2.26. The number of aromatic nitrogens is 2. The van der Waals surface area contributed by atoms with E-state index in [0.717, 1.165) is 19.4 Å². The molecule has 5 nitrogen and oxygen atoms in total. The first-order valence-electron chi connectivity index (χ1n) is 7.30. The van der Waals surface area contributed by atoms with Crippen molar-refractivity contribution in [1.29, 1.82) is 0 Å². The Hall–Kier alpha value is -1.52. The van der Waals surface area contributed by atoms with Gasteiger partial charge < -0.3 is 10.2 Å². The van der Waals surface area contributed by atoms with Crippen LogP contribution in [-0.4, -0.2) is 34.3 Å². The van der Waals surface area contributed by atoms with Gasteiger partial charge >= 0.3 is 6.03 Å². The molecule has 0 bridgehead atoms. The third-order valence-corrected chi connectivity index (χ3v) is 4.43. The number of hydrogen-bond acceptors (Lipinski definition) is 2. The van der Waals surface area contributed by atoms with Crippen molar-refractivity contribution >= 4 is 6.03 Å². The number of urea groups is 1. The Kier molecular flexibility index (Phi) is 3.21. The quantitative estimate of drug-likeness (QED) is 0.884. The van der Waals surface area contributed by atoms with Crippen LogP contribution in [-0.2, 0) is 19.4 Å². The van der Waals surface area contributed by atoms with Crippen molar-refractivity contribution in [3.63, 3.8) is 0 Å². The van der Waals surface area contributed by atoms with Gasteiger partial charge in [0.05, 0.1) is 18.3 Å². The van der Waals surface area contributed by atoms with Crippen molar-refractivity contribution in [2.24, 2.45) is 0 Å². The van der Waals surface area contributed by atoms with Gasteiger partial charge in [-0.05, 0) is 25.7 Å². The van der Waals surface area contributed by atoms with Crippen LogP contribution >= 0.6 is 0 Å². The highest BCUT2D eigenvalue weighted by molar-refractivity contribution is 5.74. The van der Waals surface area contributed by atoms with E-state index in [1.54, 1.807) is 7.05 Å². The molecule has 2 amide bonds. The maximum absolute atomic E-state index is 11.8. The molecule has 5 heteroatoms. The number of fused-ring (bicyclic) bond motifs is 1. The van der Waals surface area contributed by atoms with E-state index in [2.05, 4.69) is 16.9 Å². The van der Waals surface area contributed by atoms with E-state index >= 15 is 0 Å². The van der Waals surface area contributed by atoms with E-state index in [0.29, 0.717) is 12.6 Å². The maximum atomic E-state index is 11.8. The van der Waals surface area contributed by atoms with Crippen LogP contribution < -0.4 is 5.32 Å². The fourth-order valence-electron chi connectivity index (χ4n) is 3.06. The molecule has 0 radical (unpaired) electrons. The number of carbonyl (C=O) groups is 1. The van der Waals surface area contributed by atoms with E-state index in [9.17, 15) is 4.79 Å². The van der Waals surface area contributed by atoms with Crippen molar-refractivity contribution in [3.8, 4) is 0 Å². The fraction of sp³-hybridized carbons (Fsp3) is 0.714. The maximum Gasteiger partial charge on any atom is 0.317 e. The van der Waals surface area contributed by atoms with E-state index < -0.39 is 0 Å². The molecule has 19 heavy (non-hydrogen) atoms. The van der Waals surface area contributed by atoms with Gasteiger partial charge in [-0.25, -0.2) is 4.79 Å². The lowest BCUT2D eigenvalue weighted by molar-refractivity contribution is 0.192. The summed E-state index contributed by atoms with van der Waals surface area (Å²) in [5, 5.41) is 7.52. The molecule has 1 aliphatic heterocycles. The Morgan fingerprint density at radius 1 is 1.47 bits per heavy atom. The van der Waals surface area contributed by atoms with Crippen LogP contribution in [0.1, 0.15) is 49.2 Å². The van der Waals surface area contributed by atoms with Gasteiger partial charge in [-0.2, -0.15) is 5.10 Å². The molecule has 0 saturated heterocycles. The predicted molar refractivity (Wildman–Crippen MR) is 73.1 cm³/mol. The van der Waals surface area contributed by atoms with Crippen LogP contribution in [0.15, 0.2) is 0 Å². The summed E-state index contributed by atoms with van der Waals surface area (Å²) in [5.74, 6) is 0. The van der Waals surface area contributed by atoms with Crippen LogP contribution in [0.25, 0.3) is 0 Å². The molecule has 2 aliphatic rings. The number of rotatable bonds is 2. The van der Waals surface area contributed by atoms with Crippen LogP contribution in [0, 0.1) is 0 Å². The highest BCUT2D eigenvalue weighted by atomic mass is 16.2. The lowest BCUT2D eigenvalue weighted by Crippen LogP contribution is -2.41. The zero-order valence-corrected chi connectivity index (χ0v) is 11.8. The molecule has 1 aromatic heterocycles. The minimum atomic E-state index is 0.0177. The molecule has 1 aliphatic carbocycles. The first kappa shape index (κ1) is 12.5. The number of hydrogen-bond donors (Lipinski definition) is 1. The summed E-state index contributed by atoms with van der Waals surface area (Å²) in [5.41, 5.74) is 3.85. The molecule has 0 spiro atoms. The van der Waals surface area contributed by atoms with Crippen LogP contribution in [0.3, 0.4) is 0 Å². The average molecular weight is 262 g/mol. The molecule has 1 aromatic rings. The molecule has 0 atom stereocenters. The van der Waals surface area contributed by atoms with E-state index in [4.69, 9.17) is 5.10 Å². The summed E-state index contributed by atoms with van der Waals surface area (Å²) in [4.78, 5) is 13.7. The number of nitrogens with one attached hydrogen (secondary N) is 1. The van der Waals surface area contributed by atoms with Crippen molar-refractivity contribution < 1.29 is 4.79 Å². The molecule has 2 heterocycles. The van der Waals surface area contributed by atoms with Gasteiger partial charge in [-0.1, -0.05) is 6.92 Å². The largest absolute Gasteiger partial charge is 0.341 e. The molecule has 104 valence electrons. The zero-order valence-electron chi connectivity index (χ0n) is 11.8. The monoisotopic (exact) mass is 262 g/mol. The summed E-state index contributed by atoms with van der Waals surface area (Å²) in [6, 6.07) is 0.629. The second-order valence-corrected chi connectivity index (χ2v) is 5.48. The number of nitrogens with zero attached hydrogens (tertiary/aromatic N) is 3. The Morgan fingerprint density at radius 2 is 2.26 bits per heavy atom. The van der Waals surface area contributed by atoms with Gasteiger partial charge in [0.1, 0.15) is 0 Å². The molecule has 0 aromatic carbocycles. The Labute approximate surface area is 114 Å². The number of amides is 2. The standard InChI is InChI=1S/C14H22N4O/c1-3-12-11-9-17(14(19)15-2)8-7-13(11)18(16-12)10-5-4-6-10/h10H,3-9H2,1-2H3,(H,15,19). The van der Waals surface area contributed by atoms with Gasteiger partial charge in [0.15, 0.2) is 0 Å². The third-order valence-electron chi connectivity index (χ3n) is 4.43. The van der Waals surface area contributed by atoms with Crippen molar-refractivity contribution in [2.75, 3.05) is 13.6 Å². The van der Waals surface area contributed by atoms with E-state index in [1.807, 2.05) is 4.90 Å². The van der Waals surface area contributed by atoms with Crippen LogP contribution in [0.4, 0.5) is 4.79 Å². The van der Waals surface area contributed by atoms with Crippen LogP contribution in [0.2, 0.25) is 0 Å². The summed E-state index contributed by atoms with van der Waals surface area (Å²) in [6.45, 7) is 3.66. The Bertz CT molecular complexity index is 490. The highest BCUT2D eigenvalue weighted by Gasteiger charge is 2.30. The SMILES string of the molecule is CCc1nn(C2CCC2)c2c1CN(C(=O)NC)CC2. The van der Waals surface area contributed by atoms with Crippen molar-refractivity contribution in [1.82, 2.24) is 20.0 Å². The smallest absolute Gasteiger partial charge is 0.317 e. The predicted octanol–water partition coefficient (Wildman–Crippen LogP) is 1.87. The molecule has 3 rings (SSSR count). The lowest BCUT2D eigenvalue weighted by atomic mass is 9.92. The second-order valence-electron chi connectivity index (χ2n) is 5.48. The van der Waals surface area contributed by atoms with Gasteiger partial charge in [0.2, 0.25) is 0 Å². The van der Waals surface area contributed by atoms with E-state index in [-0.39, 0.29) is 6.03 Å². The molecular weight excluding hydrogens is 240 g/mol. The minimum absolute atomic E-state index is 0.0177. The van der Waals surface area contributed by atoms with Crippen LogP contribution in [0.5, 0.6) is 0 Å². The van der Waals surface area contributed by atoms with Gasteiger partial charge in [-0.3, -0.25) is 4.68 Å². The fourth-order valence-corrected chi connectivity index (χ4v) is 3.06. The van der Waals surface area contributed by atoms with Gasteiger partial charge in [-0.15, -0.1) is 0 Å². The highest BCUT2D eigenvalue weighted by Crippen LogP contribution is 2.35. The molecule has 0 unspecified atom stereocenters. The van der Waals surface area contributed by atoms with Gasteiger partial charge in [0.25, 0.3) is 0 Å². The van der Waals surface area contributed by atoms with E-state index in [1.165, 1.54) is 36.2 Å². The molecule has 1 N–H and O–H groups in total. The normalized spacial score (nSPS) is 18.9. The number of aryl methyl sites for hydroxylation is 1. The molecule has 1 fully saturated rings. The van der Waals surface area contributed by atoms with Gasteiger partial charge in [0, 0.05) is 31.3 Å². The average Bonchev–Trinajstić information content (AvgIpc) is 2.74.